The van der Waals surface area contributed by atoms with Crippen molar-refractivity contribution in [1.82, 2.24) is 0 Å². The molecule has 1 unspecified atom stereocenters. The summed E-state index contributed by atoms with van der Waals surface area (Å²) in [5.74, 6) is 1.28. The Hall–Kier alpha value is -1.15. The van der Waals surface area contributed by atoms with Crippen LogP contribution >= 0.6 is 0 Å². The van der Waals surface area contributed by atoms with Crippen molar-refractivity contribution in [3.05, 3.63) is 35.4 Å². The van der Waals surface area contributed by atoms with Crippen LogP contribution in [0.5, 0.6) is 0 Å². The number of carbonyl (C=O) groups is 1. The molecule has 0 heterocycles. The molecular weight excluding hydrogens is 272 g/mol. The van der Waals surface area contributed by atoms with Gasteiger partial charge in [0.15, 0.2) is 0 Å². The van der Waals surface area contributed by atoms with E-state index in [9.17, 15) is 4.79 Å². The van der Waals surface area contributed by atoms with E-state index in [0.29, 0.717) is 17.8 Å². The SMILES string of the molecule is CCCCOC1CCC(c2ccc(C3CCC3=O)cc2)CC1. The predicted octanol–water partition coefficient (Wildman–Crippen LogP) is 4.98. The van der Waals surface area contributed by atoms with Gasteiger partial charge < -0.3 is 4.74 Å². The van der Waals surface area contributed by atoms with Crippen LogP contribution in [0.1, 0.15) is 81.3 Å². The Labute approximate surface area is 134 Å². The second kappa shape index (κ2) is 7.41. The minimum Gasteiger partial charge on any atom is -0.378 e. The van der Waals surface area contributed by atoms with Crippen LogP contribution in [0.4, 0.5) is 0 Å². The lowest BCUT2D eigenvalue weighted by Gasteiger charge is -2.29. The minimum atomic E-state index is 0.191. The number of Topliss-reactive ketones (excluding diaryl/α,β-unsaturated/α-hetero) is 1. The van der Waals surface area contributed by atoms with Gasteiger partial charge in [-0.05, 0) is 55.6 Å². The topological polar surface area (TPSA) is 26.3 Å². The van der Waals surface area contributed by atoms with Crippen molar-refractivity contribution >= 4 is 5.78 Å². The fourth-order valence-electron chi connectivity index (χ4n) is 3.72. The molecule has 0 aromatic heterocycles. The normalized spacial score (nSPS) is 28.4. The number of hydrogen-bond donors (Lipinski definition) is 0. The molecule has 1 atom stereocenters. The first kappa shape index (κ1) is 15.7. The van der Waals surface area contributed by atoms with E-state index in [1.165, 1.54) is 49.7 Å². The number of ketones is 1. The molecule has 0 bridgehead atoms. The van der Waals surface area contributed by atoms with E-state index in [1.807, 2.05) is 0 Å². The zero-order chi connectivity index (χ0) is 15.4. The lowest BCUT2D eigenvalue weighted by molar-refractivity contribution is -0.125. The van der Waals surface area contributed by atoms with Crippen LogP contribution in [0.15, 0.2) is 24.3 Å². The van der Waals surface area contributed by atoms with E-state index in [4.69, 9.17) is 4.74 Å². The van der Waals surface area contributed by atoms with Gasteiger partial charge >= 0.3 is 0 Å². The van der Waals surface area contributed by atoms with E-state index in [1.54, 1.807) is 0 Å². The summed E-state index contributed by atoms with van der Waals surface area (Å²) in [6.07, 6.45) is 9.54. The van der Waals surface area contributed by atoms with Crippen molar-refractivity contribution in [2.75, 3.05) is 6.61 Å². The van der Waals surface area contributed by atoms with Crippen molar-refractivity contribution in [3.63, 3.8) is 0 Å². The fraction of sp³-hybridized carbons (Fsp3) is 0.650. The lowest BCUT2D eigenvalue weighted by Crippen LogP contribution is -2.23. The molecule has 2 nitrogen and oxygen atoms in total. The maximum atomic E-state index is 11.5. The first-order valence-corrected chi connectivity index (χ1v) is 9.02. The van der Waals surface area contributed by atoms with Crippen LogP contribution in [0.3, 0.4) is 0 Å². The summed E-state index contributed by atoms with van der Waals surface area (Å²) in [5.41, 5.74) is 2.67. The molecular formula is C20H28O2. The molecule has 0 N–H and O–H groups in total. The molecule has 0 amide bonds. The van der Waals surface area contributed by atoms with Gasteiger partial charge in [0.2, 0.25) is 0 Å². The van der Waals surface area contributed by atoms with Crippen LogP contribution in [0, 0.1) is 0 Å². The van der Waals surface area contributed by atoms with E-state index >= 15 is 0 Å². The van der Waals surface area contributed by atoms with Gasteiger partial charge in [0.05, 0.1) is 6.10 Å². The summed E-state index contributed by atoms with van der Waals surface area (Å²) < 4.78 is 5.95. The molecule has 2 fully saturated rings. The third-order valence-corrected chi connectivity index (χ3v) is 5.40. The molecule has 1 aromatic carbocycles. The van der Waals surface area contributed by atoms with Crippen LogP contribution in [0.2, 0.25) is 0 Å². The van der Waals surface area contributed by atoms with E-state index in [2.05, 4.69) is 31.2 Å². The summed E-state index contributed by atoms with van der Waals surface area (Å²) in [4.78, 5) is 11.5. The number of benzene rings is 1. The largest absolute Gasteiger partial charge is 0.378 e. The van der Waals surface area contributed by atoms with Crippen LogP contribution in [-0.2, 0) is 9.53 Å². The highest BCUT2D eigenvalue weighted by atomic mass is 16.5. The second-order valence-electron chi connectivity index (χ2n) is 6.92. The molecule has 2 saturated carbocycles. The number of hydrogen-bond acceptors (Lipinski definition) is 2. The summed E-state index contributed by atoms with van der Waals surface area (Å²) in [6.45, 7) is 3.14. The van der Waals surface area contributed by atoms with Gasteiger partial charge in [0, 0.05) is 18.9 Å². The third kappa shape index (κ3) is 3.60. The summed E-state index contributed by atoms with van der Waals surface area (Å²) in [6, 6.07) is 8.87. The number of rotatable bonds is 6. The molecule has 0 radical (unpaired) electrons. The van der Waals surface area contributed by atoms with Crippen molar-refractivity contribution in [2.24, 2.45) is 0 Å². The number of ether oxygens (including phenoxy) is 1. The monoisotopic (exact) mass is 300 g/mol. The number of unbranched alkanes of at least 4 members (excludes halogenated alkanes) is 1. The van der Waals surface area contributed by atoms with Gasteiger partial charge in [-0.15, -0.1) is 0 Å². The lowest BCUT2D eigenvalue weighted by atomic mass is 9.77. The van der Waals surface area contributed by atoms with E-state index in [0.717, 1.165) is 19.4 Å². The molecule has 1 aromatic rings. The smallest absolute Gasteiger partial charge is 0.140 e. The van der Waals surface area contributed by atoms with Crippen molar-refractivity contribution in [1.29, 1.82) is 0 Å². The van der Waals surface area contributed by atoms with Gasteiger partial charge in [-0.25, -0.2) is 0 Å². The Morgan fingerprint density at radius 1 is 1.00 bits per heavy atom. The standard InChI is InChI=1S/C20H28O2/c1-2-3-14-22-18-10-8-16(9-11-18)15-4-6-17(7-5-15)19-12-13-20(19)21/h4-7,16,18-19H,2-3,8-14H2,1H3. The first-order chi connectivity index (χ1) is 10.8. The summed E-state index contributed by atoms with van der Waals surface area (Å²) in [5, 5.41) is 0. The zero-order valence-corrected chi connectivity index (χ0v) is 13.7. The minimum absolute atomic E-state index is 0.191. The maximum absolute atomic E-state index is 11.5. The molecule has 2 aliphatic rings. The molecule has 3 rings (SSSR count). The Bertz CT molecular complexity index is 483. The van der Waals surface area contributed by atoms with E-state index < -0.39 is 0 Å². The maximum Gasteiger partial charge on any atom is 0.140 e. The molecule has 0 spiro atoms. The Morgan fingerprint density at radius 2 is 1.68 bits per heavy atom. The van der Waals surface area contributed by atoms with Crippen LogP contribution in [0.25, 0.3) is 0 Å². The summed E-state index contributed by atoms with van der Waals surface area (Å²) in [7, 11) is 0. The predicted molar refractivity (Wildman–Crippen MR) is 89.3 cm³/mol. The molecule has 22 heavy (non-hydrogen) atoms. The van der Waals surface area contributed by atoms with Crippen molar-refractivity contribution in [2.45, 2.75) is 76.2 Å². The molecule has 2 heteroatoms. The van der Waals surface area contributed by atoms with Gasteiger partial charge in [-0.2, -0.15) is 0 Å². The molecule has 0 aliphatic heterocycles. The zero-order valence-electron chi connectivity index (χ0n) is 13.7. The van der Waals surface area contributed by atoms with Crippen LogP contribution < -0.4 is 0 Å². The van der Waals surface area contributed by atoms with E-state index in [-0.39, 0.29) is 5.92 Å². The second-order valence-corrected chi connectivity index (χ2v) is 6.92. The Morgan fingerprint density at radius 3 is 2.23 bits per heavy atom. The van der Waals surface area contributed by atoms with Gasteiger partial charge in [0.25, 0.3) is 0 Å². The number of carbonyl (C=O) groups excluding carboxylic acids is 1. The quantitative estimate of drug-likeness (QED) is 0.693. The summed E-state index contributed by atoms with van der Waals surface area (Å²) >= 11 is 0. The highest BCUT2D eigenvalue weighted by Crippen LogP contribution is 2.37. The molecule has 2 aliphatic carbocycles. The highest BCUT2D eigenvalue weighted by Gasteiger charge is 2.29. The average Bonchev–Trinajstić information content (AvgIpc) is 2.55. The van der Waals surface area contributed by atoms with Gasteiger partial charge in [-0.1, -0.05) is 37.6 Å². The third-order valence-electron chi connectivity index (χ3n) is 5.40. The average molecular weight is 300 g/mol. The van der Waals surface area contributed by atoms with Crippen molar-refractivity contribution in [3.8, 4) is 0 Å². The molecule has 0 saturated heterocycles. The van der Waals surface area contributed by atoms with Crippen molar-refractivity contribution < 1.29 is 9.53 Å². The van der Waals surface area contributed by atoms with Gasteiger partial charge in [0.1, 0.15) is 5.78 Å². The highest BCUT2D eigenvalue weighted by molar-refractivity contribution is 5.91. The first-order valence-electron chi connectivity index (χ1n) is 9.02. The fourth-order valence-corrected chi connectivity index (χ4v) is 3.72. The Kier molecular flexibility index (Phi) is 5.30. The Balaban J connectivity index is 1.49. The van der Waals surface area contributed by atoms with Gasteiger partial charge in [-0.3, -0.25) is 4.79 Å². The van der Waals surface area contributed by atoms with Crippen LogP contribution in [-0.4, -0.2) is 18.5 Å². The molecule has 120 valence electrons.